The van der Waals surface area contributed by atoms with E-state index in [0.29, 0.717) is 23.6 Å². The summed E-state index contributed by atoms with van der Waals surface area (Å²) in [6, 6.07) is 3.76. The van der Waals surface area contributed by atoms with Crippen molar-refractivity contribution >= 4 is 23.6 Å². The topological polar surface area (TPSA) is 163 Å². The van der Waals surface area contributed by atoms with Crippen molar-refractivity contribution in [2.24, 2.45) is 5.16 Å². The summed E-state index contributed by atoms with van der Waals surface area (Å²) in [5, 5.41) is 12.2. The number of nitrogens with zero attached hydrogens (tertiary/aromatic N) is 5. The van der Waals surface area contributed by atoms with Crippen molar-refractivity contribution < 1.29 is 56.1 Å². The van der Waals surface area contributed by atoms with Crippen LogP contribution in [0.5, 0.6) is 5.88 Å². The van der Waals surface area contributed by atoms with Crippen LogP contribution < -0.4 is 4.74 Å². The number of carbonyl (C=O) groups is 3. The molecule has 2 aliphatic rings. The smallest absolute Gasteiger partial charge is 0.303 e. The largest absolute Gasteiger partial charge is 0.481 e. The molecule has 0 aliphatic carbocycles. The lowest BCUT2D eigenvalue weighted by molar-refractivity contribution is -0.233. The van der Waals surface area contributed by atoms with E-state index in [9.17, 15) is 27.6 Å². The maximum absolute atomic E-state index is 14.0. The fourth-order valence-corrected chi connectivity index (χ4v) is 5.42. The van der Waals surface area contributed by atoms with Crippen molar-refractivity contribution in [2.45, 2.75) is 70.2 Å². The van der Waals surface area contributed by atoms with E-state index in [2.05, 4.69) is 20.5 Å². The number of esters is 3. The van der Waals surface area contributed by atoms with Gasteiger partial charge >= 0.3 is 17.9 Å². The number of oxime groups is 1. The van der Waals surface area contributed by atoms with Crippen LogP contribution >= 0.6 is 0 Å². The average Bonchev–Trinajstić information content (AvgIpc) is 3.70. The number of rotatable bonds is 10. The lowest BCUT2D eigenvalue weighted by atomic mass is 9.88. The van der Waals surface area contributed by atoms with Gasteiger partial charge in [-0.1, -0.05) is 10.4 Å². The third kappa shape index (κ3) is 7.67. The summed E-state index contributed by atoms with van der Waals surface area (Å²) in [6.07, 6.45) is -1.89. The van der Waals surface area contributed by atoms with Gasteiger partial charge in [0.1, 0.15) is 36.7 Å². The number of hydrogen-bond donors (Lipinski definition) is 0. The highest BCUT2D eigenvalue weighted by molar-refractivity contribution is 6.01. The molecule has 1 fully saturated rings. The van der Waals surface area contributed by atoms with Crippen molar-refractivity contribution in [3.63, 3.8) is 0 Å². The third-order valence-electron chi connectivity index (χ3n) is 7.41. The number of pyridine rings is 1. The Bertz CT molecular complexity index is 1650. The van der Waals surface area contributed by atoms with Crippen LogP contribution in [0.25, 0.3) is 11.3 Å². The zero-order chi connectivity index (χ0) is 33.8. The molecule has 0 radical (unpaired) electrons. The van der Waals surface area contributed by atoms with Crippen LogP contribution in [0.2, 0.25) is 0 Å². The van der Waals surface area contributed by atoms with E-state index in [1.54, 1.807) is 18.3 Å². The van der Waals surface area contributed by atoms with Crippen LogP contribution in [0.15, 0.2) is 41.8 Å². The van der Waals surface area contributed by atoms with Crippen LogP contribution in [0.1, 0.15) is 45.2 Å². The van der Waals surface area contributed by atoms with Gasteiger partial charge < -0.3 is 28.5 Å². The number of ether oxygens (including phenoxy) is 5. The molecule has 1 aromatic carbocycles. The molecule has 47 heavy (non-hydrogen) atoms. The first-order valence-corrected chi connectivity index (χ1v) is 14.4. The first kappa shape index (κ1) is 33.3. The molecule has 250 valence electrons. The first-order chi connectivity index (χ1) is 22.4. The Hall–Kier alpha value is -5.06. The van der Waals surface area contributed by atoms with Gasteiger partial charge in [-0.15, -0.1) is 5.10 Å². The van der Waals surface area contributed by atoms with Crippen LogP contribution in [-0.4, -0.2) is 87.8 Å². The molecule has 0 unspecified atom stereocenters. The van der Waals surface area contributed by atoms with Crippen LogP contribution in [0, 0.1) is 17.5 Å². The monoisotopic (exact) mass is 661 g/mol. The highest BCUT2D eigenvalue weighted by Gasteiger charge is 2.52. The average molecular weight is 662 g/mol. The number of halogens is 3. The number of aromatic nitrogens is 4. The molecular formula is C30H30F3N5O9. The normalized spacial score (nSPS) is 23.8. The summed E-state index contributed by atoms with van der Waals surface area (Å²) >= 11 is 0. The molecule has 0 spiro atoms. The van der Waals surface area contributed by atoms with Crippen molar-refractivity contribution in [3.05, 3.63) is 59.7 Å². The highest BCUT2D eigenvalue weighted by atomic mass is 19.2. The Morgan fingerprint density at radius 3 is 2.23 bits per heavy atom. The molecule has 2 aromatic heterocycles. The summed E-state index contributed by atoms with van der Waals surface area (Å²) in [7, 11) is 1.49. The Balaban J connectivity index is 1.49. The van der Waals surface area contributed by atoms with Crippen molar-refractivity contribution in [1.82, 2.24) is 20.0 Å². The minimum atomic E-state index is -1.66. The number of methoxy groups -OCH3 is 1. The summed E-state index contributed by atoms with van der Waals surface area (Å²) < 4.78 is 70.9. The van der Waals surface area contributed by atoms with Gasteiger partial charge in [-0.05, 0) is 18.2 Å². The maximum atomic E-state index is 14.0. The highest BCUT2D eigenvalue weighted by Crippen LogP contribution is 2.38. The quantitative estimate of drug-likeness (QED) is 0.178. The van der Waals surface area contributed by atoms with Crippen molar-refractivity contribution in [2.75, 3.05) is 13.7 Å². The minimum absolute atomic E-state index is 0.0733. The SMILES string of the molecule is COc1ccc(C2=NO[C@@H](C[C@H]3O[C@H](COC(C)=O)[C@H](OC(C)=O)[C@H](n4cc(-c5cc(F)c(F)c(F)c5)nn4)[C@H]3OC(C)=O)C2)cn1. The second-order valence-electron chi connectivity index (χ2n) is 10.8. The second kappa shape index (κ2) is 14.1. The van der Waals surface area contributed by atoms with Gasteiger partial charge in [0, 0.05) is 57.0 Å². The van der Waals surface area contributed by atoms with Gasteiger partial charge in [0.05, 0.1) is 19.0 Å². The molecule has 0 bridgehead atoms. The van der Waals surface area contributed by atoms with Gasteiger partial charge in [-0.2, -0.15) is 0 Å². The molecule has 5 rings (SSSR count). The maximum Gasteiger partial charge on any atom is 0.303 e. The van der Waals surface area contributed by atoms with Gasteiger partial charge in [0.25, 0.3) is 0 Å². The zero-order valence-electron chi connectivity index (χ0n) is 25.6. The third-order valence-corrected chi connectivity index (χ3v) is 7.41. The van der Waals surface area contributed by atoms with E-state index < -0.39 is 71.9 Å². The standard InChI is InChI=1S/C30H30F3N5O9/c1-14(39)43-13-25-30(45-16(3)41)28(38-12-23(35-37-38)18-7-20(31)27(33)21(32)8-18)29(44-15(2)40)24(46-25)10-19-9-22(36-47-19)17-5-6-26(42-4)34-11-17/h5-8,11-12,19,24-25,28-30H,9-10,13H2,1-4H3/t19-,24-,25-,28-,29+,30+/m1/s1. The van der Waals surface area contributed by atoms with E-state index in [4.69, 9.17) is 28.5 Å². The molecule has 2 aliphatic heterocycles. The number of carbonyl (C=O) groups excluding carboxylic acids is 3. The van der Waals surface area contributed by atoms with E-state index in [-0.39, 0.29) is 24.3 Å². The first-order valence-electron chi connectivity index (χ1n) is 14.4. The molecule has 17 heteroatoms. The fraction of sp³-hybridized carbons (Fsp3) is 0.433. The van der Waals surface area contributed by atoms with Gasteiger partial charge in [-0.3, -0.25) is 14.4 Å². The summed E-state index contributed by atoms with van der Waals surface area (Å²) in [4.78, 5) is 46.4. The van der Waals surface area contributed by atoms with E-state index >= 15 is 0 Å². The van der Waals surface area contributed by atoms with Crippen LogP contribution in [0.4, 0.5) is 13.2 Å². The number of hydrogen-bond acceptors (Lipinski definition) is 13. The summed E-state index contributed by atoms with van der Waals surface area (Å²) in [5.41, 5.74) is 1.07. The lowest BCUT2D eigenvalue weighted by Crippen LogP contribution is -2.59. The molecule has 14 nitrogen and oxygen atoms in total. The minimum Gasteiger partial charge on any atom is -0.481 e. The number of benzene rings is 1. The van der Waals surface area contributed by atoms with Crippen LogP contribution in [0.3, 0.4) is 0 Å². The van der Waals surface area contributed by atoms with Crippen molar-refractivity contribution in [3.8, 4) is 17.1 Å². The zero-order valence-corrected chi connectivity index (χ0v) is 25.6. The Kier molecular flexibility index (Phi) is 10.0. The van der Waals surface area contributed by atoms with Gasteiger partial charge in [0.2, 0.25) is 5.88 Å². The van der Waals surface area contributed by atoms with E-state index in [1.165, 1.54) is 31.8 Å². The van der Waals surface area contributed by atoms with Crippen LogP contribution in [-0.2, 0) is 38.2 Å². The molecule has 0 amide bonds. The molecule has 6 atom stereocenters. The molecule has 1 saturated heterocycles. The molecule has 4 heterocycles. The Morgan fingerprint density at radius 2 is 1.64 bits per heavy atom. The van der Waals surface area contributed by atoms with Gasteiger partial charge in [-0.25, -0.2) is 22.8 Å². The summed E-state index contributed by atoms with van der Waals surface area (Å²) in [6.45, 7) is 3.13. The fourth-order valence-electron chi connectivity index (χ4n) is 5.42. The summed E-state index contributed by atoms with van der Waals surface area (Å²) in [5.74, 6) is -6.23. The van der Waals surface area contributed by atoms with E-state index in [0.717, 1.165) is 19.1 Å². The van der Waals surface area contributed by atoms with E-state index in [1.807, 2.05) is 0 Å². The van der Waals surface area contributed by atoms with Crippen molar-refractivity contribution in [1.29, 1.82) is 0 Å². The second-order valence-corrected chi connectivity index (χ2v) is 10.8. The van der Waals surface area contributed by atoms with Gasteiger partial charge in [0.15, 0.2) is 29.7 Å². The molecule has 0 saturated carbocycles. The predicted octanol–water partition coefficient (Wildman–Crippen LogP) is 3.08. The molecule has 0 N–H and O–H groups in total. The molecule has 3 aromatic rings. The molecular weight excluding hydrogens is 631 g/mol. The lowest BCUT2D eigenvalue weighted by Gasteiger charge is -2.45. The Labute approximate surface area is 265 Å². The Morgan fingerprint density at radius 1 is 0.957 bits per heavy atom. The predicted molar refractivity (Wildman–Crippen MR) is 152 cm³/mol.